The van der Waals surface area contributed by atoms with Crippen molar-refractivity contribution in [1.29, 1.82) is 0 Å². The predicted molar refractivity (Wildman–Crippen MR) is 111 cm³/mol. The van der Waals surface area contributed by atoms with E-state index in [0.29, 0.717) is 11.7 Å². The van der Waals surface area contributed by atoms with Crippen molar-refractivity contribution in [2.45, 2.75) is 33.7 Å². The molecule has 0 aromatic heterocycles. The minimum Gasteiger partial charge on any atom is -0.398 e. The minimum absolute atomic E-state index is 0.171. The zero-order chi connectivity index (χ0) is 18.8. The van der Waals surface area contributed by atoms with Crippen LogP contribution < -0.4 is 5.73 Å². The Morgan fingerprint density at radius 3 is 2.32 bits per heavy atom. The highest BCUT2D eigenvalue weighted by atomic mass is 32.2. The van der Waals surface area contributed by atoms with Gasteiger partial charge in [-0.3, -0.25) is 9.98 Å². The summed E-state index contributed by atoms with van der Waals surface area (Å²) in [4.78, 5) is 8.99. The topological polar surface area (TPSA) is 50.7 Å². The molecule has 0 saturated carbocycles. The summed E-state index contributed by atoms with van der Waals surface area (Å²) in [5.74, 6) is 1.96. The van der Waals surface area contributed by atoms with Crippen LogP contribution in [0, 0.1) is 11.7 Å². The van der Waals surface area contributed by atoms with Crippen LogP contribution in [-0.2, 0) is 0 Å². The van der Waals surface area contributed by atoms with Crippen LogP contribution in [0.15, 0.2) is 52.6 Å². The molecule has 0 unspecified atom stereocenters. The molecule has 3 nitrogen and oxygen atoms in total. The molecule has 1 fully saturated rings. The van der Waals surface area contributed by atoms with Gasteiger partial charge in [-0.2, -0.15) is 11.8 Å². The van der Waals surface area contributed by atoms with Crippen LogP contribution in [0.4, 0.5) is 4.39 Å². The first-order valence-corrected chi connectivity index (χ1v) is 9.74. The lowest BCUT2D eigenvalue weighted by Gasteiger charge is -2.21. The van der Waals surface area contributed by atoms with Gasteiger partial charge in [-0.15, -0.1) is 0 Å². The second kappa shape index (κ2) is 10.9. The third-order valence-electron chi connectivity index (χ3n) is 3.53. The fraction of sp³-hybridized carbons (Fsp3) is 0.400. The zero-order valence-electron chi connectivity index (χ0n) is 15.5. The summed E-state index contributed by atoms with van der Waals surface area (Å²) in [5.41, 5.74) is 9.27. The van der Waals surface area contributed by atoms with Crippen LogP contribution in [-0.4, -0.2) is 29.5 Å². The molecule has 1 aromatic carbocycles. The van der Waals surface area contributed by atoms with Crippen molar-refractivity contribution >= 4 is 29.4 Å². The lowest BCUT2D eigenvalue weighted by molar-refractivity contribution is 0.627. The summed E-state index contributed by atoms with van der Waals surface area (Å²) in [6.07, 6.45) is 3.33. The number of halogens is 1. The van der Waals surface area contributed by atoms with Gasteiger partial charge in [0.25, 0.3) is 0 Å². The summed E-state index contributed by atoms with van der Waals surface area (Å²) >= 11 is 1.88. The Labute approximate surface area is 155 Å². The van der Waals surface area contributed by atoms with E-state index in [-0.39, 0.29) is 11.7 Å². The standard InChI is InChI=1S/C18H22FN3S.C2H6/c1-4-21-18(12(2)3)16(9-22-15-10-23-11-15)17(20)13-5-7-14(19)8-6-13;1-2/h4-9,12,15H,1,10-11,20H2,2-3H3;1-2H3/b17-16+,21-18?,22-9?;. The second-order valence-corrected chi connectivity index (χ2v) is 6.73. The number of nitrogens with zero attached hydrogens (tertiary/aromatic N) is 2. The number of hydrogen-bond acceptors (Lipinski definition) is 4. The van der Waals surface area contributed by atoms with Gasteiger partial charge < -0.3 is 5.73 Å². The SMILES string of the molecule is C=CN=C(/C(C=NC1CSC1)=C(/N)c1ccc(F)cc1)C(C)C.CC. The predicted octanol–water partition coefficient (Wildman–Crippen LogP) is 4.95. The Balaban J connectivity index is 0.00000151. The third-order valence-corrected chi connectivity index (χ3v) is 4.77. The molecule has 0 atom stereocenters. The van der Waals surface area contributed by atoms with Gasteiger partial charge >= 0.3 is 0 Å². The summed E-state index contributed by atoms with van der Waals surface area (Å²) < 4.78 is 13.1. The molecule has 1 aliphatic heterocycles. The molecule has 0 bridgehead atoms. The first kappa shape index (κ1) is 21.2. The van der Waals surface area contributed by atoms with Crippen molar-refractivity contribution in [3.63, 3.8) is 0 Å². The number of thioether (sulfide) groups is 1. The van der Waals surface area contributed by atoms with E-state index in [1.807, 2.05) is 45.7 Å². The van der Waals surface area contributed by atoms with Gasteiger partial charge in [-0.05, 0) is 35.7 Å². The fourth-order valence-corrected chi connectivity index (χ4v) is 2.79. The maximum Gasteiger partial charge on any atom is 0.123 e. The molecule has 1 aromatic rings. The molecule has 0 amide bonds. The number of rotatable bonds is 6. The first-order chi connectivity index (χ1) is 12.0. The molecule has 0 radical (unpaired) electrons. The lowest BCUT2D eigenvalue weighted by atomic mass is 9.96. The molecule has 0 spiro atoms. The van der Waals surface area contributed by atoms with E-state index in [1.54, 1.807) is 12.1 Å². The van der Waals surface area contributed by atoms with Crippen LogP contribution in [0.5, 0.6) is 0 Å². The monoisotopic (exact) mass is 361 g/mol. The fourth-order valence-electron chi connectivity index (χ4n) is 2.18. The third kappa shape index (κ3) is 6.16. The zero-order valence-corrected chi connectivity index (χ0v) is 16.3. The molecule has 136 valence electrons. The molecular formula is C20H28FN3S. The highest BCUT2D eigenvalue weighted by molar-refractivity contribution is 8.00. The normalized spacial score (nSPS) is 16.2. The number of aliphatic imine (C=N–C) groups is 2. The molecule has 25 heavy (non-hydrogen) atoms. The second-order valence-electron chi connectivity index (χ2n) is 5.66. The molecular weight excluding hydrogens is 333 g/mol. The van der Waals surface area contributed by atoms with E-state index >= 15 is 0 Å². The van der Waals surface area contributed by atoms with Crippen LogP contribution >= 0.6 is 11.8 Å². The number of allylic oxidation sites excluding steroid dienone is 1. The highest BCUT2D eigenvalue weighted by Crippen LogP contribution is 2.22. The van der Waals surface area contributed by atoms with Crippen molar-refractivity contribution in [2.24, 2.45) is 21.6 Å². The maximum absolute atomic E-state index is 13.1. The summed E-state index contributed by atoms with van der Waals surface area (Å²) in [6.45, 7) is 11.8. The number of benzene rings is 1. The highest BCUT2D eigenvalue weighted by Gasteiger charge is 2.18. The van der Waals surface area contributed by atoms with Gasteiger partial charge in [-0.25, -0.2) is 4.39 Å². The smallest absolute Gasteiger partial charge is 0.123 e. The van der Waals surface area contributed by atoms with Gasteiger partial charge in [0, 0.05) is 35.2 Å². The molecule has 5 heteroatoms. The van der Waals surface area contributed by atoms with E-state index in [2.05, 4.69) is 16.6 Å². The van der Waals surface area contributed by atoms with E-state index in [4.69, 9.17) is 5.73 Å². The summed E-state index contributed by atoms with van der Waals surface area (Å²) in [6, 6.07) is 6.49. The molecule has 1 heterocycles. The van der Waals surface area contributed by atoms with Gasteiger partial charge in [0.1, 0.15) is 5.82 Å². The van der Waals surface area contributed by atoms with Gasteiger partial charge in [0.05, 0.1) is 11.8 Å². The Morgan fingerprint density at radius 2 is 1.88 bits per heavy atom. The number of hydrogen-bond donors (Lipinski definition) is 1. The van der Waals surface area contributed by atoms with Crippen LogP contribution in [0.25, 0.3) is 5.70 Å². The number of nitrogens with two attached hydrogens (primary N) is 1. The quantitative estimate of drug-likeness (QED) is 0.729. The van der Waals surface area contributed by atoms with E-state index in [0.717, 1.165) is 28.4 Å². The van der Waals surface area contributed by atoms with Crippen molar-refractivity contribution in [3.05, 3.63) is 54.0 Å². The van der Waals surface area contributed by atoms with E-state index in [1.165, 1.54) is 18.3 Å². The lowest BCUT2D eigenvalue weighted by Crippen LogP contribution is -2.24. The largest absolute Gasteiger partial charge is 0.398 e. The van der Waals surface area contributed by atoms with Crippen LogP contribution in [0.2, 0.25) is 0 Å². The first-order valence-electron chi connectivity index (χ1n) is 8.58. The van der Waals surface area contributed by atoms with Gasteiger partial charge in [-0.1, -0.05) is 34.3 Å². The van der Waals surface area contributed by atoms with Crippen molar-refractivity contribution in [2.75, 3.05) is 11.5 Å². The van der Waals surface area contributed by atoms with E-state index < -0.39 is 0 Å². The van der Waals surface area contributed by atoms with Crippen LogP contribution in [0.3, 0.4) is 0 Å². The molecule has 1 saturated heterocycles. The Kier molecular flexibility index (Phi) is 9.21. The molecule has 0 aliphatic carbocycles. The maximum atomic E-state index is 13.1. The van der Waals surface area contributed by atoms with Crippen molar-refractivity contribution < 1.29 is 4.39 Å². The Morgan fingerprint density at radius 1 is 1.28 bits per heavy atom. The summed E-state index contributed by atoms with van der Waals surface area (Å²) in [5, 5.41) is 0. The van der Waals surface area contributed by atoms with Crippen molar-refractivity contribution in [1.82, 2.24) is 0 Å². The minimum atomic E-state index is -0.285. The summed E-state index contributed by atoms with van der Waals surface area (Å²) in [7, 11) is 0. The average molecular weight is 362 g/mol. The molecule has 2 N–H and O–H groups in total. The molecule has 2 rings (SSSR count). The molecule has 1 aliphatic rings. The Bertz CT molecular complexity index is 641. The van der Waals surface area contributed by atoms with Crippen LogP contribution in [0.1, 0.15) is 33.3 Å². The van der Waals surface area contributed by atoms with Gasteiger partial charge in [0.15, 0.2) is 0 Å². The average Bonchev–Trinajstić information content (AvgIpc) is 2.57. The van der Waals surface area contributed by atoms with Crippen molar-refractivity contribution in [3.8, 4) is 0 Å². The van der Waals surface area contributed by atoms with E-state index in [9.17, 15) is 4.39 Å². The Hall–Kier alpha value is -1.88. The van der Waals surface area contributed by atoms with Gasteiger partial charge in [0.2, 0.25) is 0 Å².